The highest BCUT2D eigenvalue weighted by atomic mass is 16.5. The number of nitrogens with zero attached hydrogens (tertiary/aromatic N) is 4. The second kappa shape index (κ2) is 8.06. The van der Waals surface area contributed by atoms with Crippen LogP contribution in [-0.2, 0) is 22.5 Å². The van der Waals surface area contributed by atoms with Gasteiger partial charge in [0.1, 0.15) is 6.54 Å². The summed E-state index contributed by atoms with van der Waals surface area (Å²) in [6.45, 7) is 8.15. The molecule has 0 aliphatic carbocycles. The Balaban J connectivity index is 2.50. The lowest BCUT2D eigenvalue weighted by atomic mass is 10.2. The van der Waals surface area contributed by atoms with Gasteiger partial charge in [0.15, 0.2) is 0 Å². The molecule has 0 aromatic carbocycles. The van der Waals surface area contributed by atoms with Crippen LogP contribution in [0, 0.1) is 20.8 Å². The van der Waals surface area contributed by atoms with E-state index in [4.69, 9.17) is 4.74 Å². The molecule has 0 saturated carbocycles. The van der Waals surface area contributed by atoms with Crippen LogP contribution in [0.3, 0.4) is 0 Å². The first-order chi connectivity index (χ1) is 11.9. The molecule has 0 fully saturated rings. The Hall–Kier alpha value is -2.48. The zero-order valence-electron chi connectivity index (χ0n) is 15.4. The molecule has 0 spiro atoms. The number of ether oxygens (including phenoxy) is 1. The van der Waals surface area contributed by atoms with Crippen LogP contribution >= 0.6 is 0 Å². The molecule has 136 valence electrons. The van der Waals surface area contributed by atoms with Crippen molar-refractivity contribution in [1.29, 1.82) is 0 Å². The third-order valence-electron chi connectivity index (χ3n) is 3.93. The minimum Gasteiger partial charge on any atom is -0.383 e. The first-order valence-electron chi connectivity index (χ1n) is 8.28. The highest BCUT2D eigenvalue weighted by Gasteiger charge is 2.18. The van der Waals surface area contributed by atoms with Gasteiger partial charge in [-0.2, -0.15) is 5.10 Å². The first kappa shape index (κ1) is 18.9. The van der Waals surface area contributed by atoms with Gasteiger partial charge in [0.2, 0.25) is 11.9 Å². The average Bonchev–Trinajstić information content (AvgIpc) is 2.89. The van der Waals surface area contributed by atoms with Gasteiger partial charge in [-0.1, -0.05) is 6.92 Å². The lowest BCUT2D eigenvalue weighted by Crippen LogP contribution is -2.37. The number of hydrogen-bond acceptors (Lipinski definition) is 5. The molecule has 2 heterocycles. The zero-order valence-corrected chi connectivity index (χ0v) is 15.4. The van der Waals surface area contributed by atoms with Crippen molar-refractivity contribution in [2.75, 3.05) is 20.3 Å². The number of carbonyl (C=O) groups excluding carboxylic acids is 1. The second-order valence-corrected chi connectivity index (χ2v) is 5.90. The summed E-state index contributed by atoms with van der Waals surface area (Å²) < 4.78 is 7.91. The quantitative estimate of drug-likeness (QED) is 0.744. The maximum atomic E-state index is 12.9. The molecule has 2 rings (SSSR count). The molecule has 1 amide bonds. The molecule has 0 aliphatic heterocycles. The van der Waals surface area contributed by atoms with Crippen molar-refractivity contribution < 1.29 is 9.53 Å². The Morgan fingerprint density at radius 2 is 2.04 bits per heavy atom. The maximum Gasteiger partial charge on any atom is 0.258 e. The molecular weight excluding hydrogens is 322 g/mol. The van der Waals surface area contributed by atoms with E-state index in [9.17, 15) is 9.59 Å². The molecule has 0 unspecified atom stereocenters. The highest BCUT2D eigenvalue weighted by molar-refractivity contribution is 5.75. The smallest absolute Gasteiger partial charge is 0.258 e. The van der Waals surface area contributed by atoms with E-state index in [0.717, 1.165) is 11.4 Å². The van der Waals surface area contributed by atoms with E-state index in [1.54, 1.807) is 18.7 Å². The number of methoxy groups -OCH3 is 1. The fraction of sp³-hybridized carbons (Fsp3) is 0.529. The summed E-state index contributed by atoms with van der Waals surface area (Å²) in [6, 6.07) is 1.90. The second-order valence-electron chi connectivity index (χ2n) is 5.90. The summed E-state index contributed by atoms with van der Waals surface area (Å²) in [7, 11) is 1.56. The molecule has 25 heavy (non-hydrogen) atoms. The minimum atomic E-state index is -0.269. The van der Waals surface area contributed by atoms with Crippen LogP contribution in [0.2, 0.25) is 0 Å². The number of amides is 1. The summed E-state index contributed by atoms with van der Waals surface area (Å²) in [5.41, 5.74) is 2.72. The van der Waals surface area contributed by atoms with E-state index in [1.165, 1.54) is 4.57 Å². The Morgan fingerprint density at radius 1 is 1.32 bits per heavy atom. The largest absolute Gasteiger partial charge is 0.383 e. The molecule has 2 aromatic heterocycles. The van der Waals surface area contributed by atoms with Gasteiger partial charge in [0.25, 0.3) is 5.56 Å². The molecule has 0 atom stereocenters. The van der Waals surface area contributed by atoms with Crippen molar-refractivity contribution in [1.82, 2.24) is 24.6 Å². The van der Waals surface area contributed by atoms with E-state index in [1.807, 2.05) is 26.8 Å². The van der Waals surface area contributed by atoms with Gasteiger partial charge in [-0.05, 0) is 33.3 Å². The fourth-order valence-corrected chi connectivity index (χ4v) is 2.72. The van der Waals surface area contributed by atoms with Crippen LogP contribution in [-0.4, -0.2) is 45.5 Å². The normalized spacial score (nSPS) is 10.9. The van der Waals surface area contributed by atoms with Crippen molar-refractivity contribution in [3.63, 3.8) is 0 Å². The van der Waals surface area contributed by atoms with Gasteiger partial charge in [-0.25, -0.2) is 9.67 Å². The molecule has 0 bridgehead atoms. The summed E-state index contributed by atoms with van der Waals surface area (Å²) in [5, 5.41) is 7.13. The van der Waals surface area contributed by atoms with Crippen molar-refractivity contribution in [3.05, 3.63) is 39.1 Å². The van der Waals surface area contributed by atoms with Gasteiger partial charge in [-0.3, -0.25) is 14.2 Å². The van der Waals surface area contributed by atoms with Crippen LogP contribution in [0.4, 0.5) is 0 Å². The highest BCUT2D eigenvalue weighted by Crippen LogP contribution is 2.11. The SMILES string of the molecule is CCc1c(C)nc(-n2nc(C)cc2C)n(CC(=O)NCCOC)c1=O. The van der Waals surface area contributed by atoms with E-state index in [2.05, 4.69) is 15.4 Å². The summed E-state index contributed by atoms with van der Waals surface area (Å²) in [5.74, 6) is 0.0850. The maximum absolute atomic E-state index is 12.9. The van der Waals surface area contributed by atoms with Crippen LogP contribution in [0.25, 0.3) is 5.95 Å². The Labute approximate surface area is 146 Å². The molecule has 8 nitrogen and oxygen atoms in total. The molecular formula is C17H25N5O3. The van der Waals surface area contributed by atoms with E-state index in [-0.39, 0.29) is 18.0 Å². The lowest BCUT2D eigenvalue weighted by molar-refractivity contribution is -0.121. The molecule has 0 aliphatic rings. The predicted molar refractivity (Wildman–Crippen MR) is 94.1 cm³/mol. The standard InChI is InChI=1S/C17H25N5O3/c1-6-14-13(4)19-17(22-12(3)9-11(2)20-22)21(16(14)24)10-15(23)18-7-8-25-5/h9H,6-8,10H2,1-5H3,(H,18,23). The third kappa shape index (κ3) is 4.14. The van der Waals surface area contributed by atoms with Crippen LogP contribution in [0.15, 0.2) is 10.9 Å². The summed E-state index contributed by atoms with van der Waals surface area (Å²) >= 11 is 0. The molecule has 2 aromatic rings. The third-order valence-corrected chi connectivity index (χ3v) is 3.93. The van der Waals surface area contributed by atoms with Crippen molar-refractivity contribution in [2.24, 2.45) is 0 Å². The number of hydrogen-bond donors (Lipinski definition) is 1. The van der Waals surface area contributed by atoms with Gasteiger partial charge in [-0.15, -0.1) is 0 Å². The predicted octanol–water partition coefficient (Wildman–Crippen LogP) is 0.679. The van der Waals surface area contributed by atoms with Gasteiger partial charge >= 0.3 is 0 Å². The number of nitrogens with one attached hydrogen (secondary N) is 1. The minimum absolute atomic E-state index is 0.115. The first-order valence-corrected chi connectivity index (χ1v) is 8.28. The molecule has 0 radical (unpaired) electrons. The number of aryl methyl sites for hydroxylation is 3. The van der Waals surface area contributed by atoms with Crippen molar-refractivity contribution >= 4 is 5.91 Å². The van der Waals surface area contributed by atoms with E-state index >= 15 is 0 Å². The van der Waals surface area contributed by atoms with Gasteiger partial charge in [0, 0.05) is 24.9 Å². The van der Waals surface area contributed by atoms with E-state index in [0.29, 0.717) is 36.8 Å². The van der Waals surface area contributed by atoms with E-state index < -0.39 is 0 Å². The summed E-state index contributed by atoms with van der Waals surface area (Å²) in [6.07, 6.45) is 0.556. The van der Waals surface area contributed by atoms with Gasteiger partial charge < -0.3 is 10.1 Å². The van der Waals surface area contributed by atoms with Gasteiger partial charge in [0.05, 0.1) is 18.0 Å². The zero-order chi connectivity index (χ0) is 18.6. The molecule has 1 N–H and O–H groups in total. The lowest BCUT2D eigenvalue weighted by Gasteiger charge is -2.16. The Morgan fingerprint density at radius 3 is 2.60 bits per heavy atom. The van der Waals surface area contributed by atoms with Crippen LogP contribution in [0.1, 0.15) is 29.6 Å². The van der Waals surface area contributed by atoms with Crippen LogP contribution in [0.5, 0.6) is 0 Å². The monoisotopic (exact) mass is 347 g/mol. The molecule has 0 saturated heterocycles. The summed E-state index contributed by atoms with van der Waals surface area (Å²) in [4.78, 5) is 29.6. The molecule has 8 heteroatoms. The Kier molecular flexibility index (Phi) is 6.08. The topological polar surface area (TPSA) is 91.0 Å². The van der Waals surface area contributed by atoms with Crippen LogP contribution < -0.4 is 10.9 Å². The number of aromatic nitrogens is 4. The number of rotatable bonds is 7. The Bertz CT molecular complexity index is 822. The van der Waals surface area contributed by atoms with Crippen molar-refractivity contribution in [2.45, 2.75) is 40.7 Å². The van der Waals surface area contributed by atoms with Crippen molar-refractivity contribution in [3.8, 4) is 5.95 Å². The fourth-order valence-electron chi connectivity index (χ4n) is 2.72. The number of carbonyl (C=O) groups is 1. The average molecular weight is 347 g/mol.